The fraction of sp³-hybridized carbons (Fsp3) is 0.312. The van der Waals surface area contributed by atoms with Crippen LogP contribution in [0.5, 0.6) is 11.6 Å². The van der Waals surface area contributed by atoms with Gasteiger partial charge in [-0.1, -0.05) is 6.07 Å². The Labute approximate surface area is 167 Å². The van der Waals surface area contributed by atoms with Gasteiger partial charge in [-0.25, -0.2) is 9.37 Å². The lowest BCUT2D eigenvalue weighted by atomic mass is 10.1. The normalized spacial score (nSPS) is 12.2. The molecule has 0 fully saturated rings. The summed E-state index contributed by atoms with van der Waals surface area (Å²) in [6, 6.07) is 4.13. The van der Waals surface area contributed by atoms with Crippen molar-refractivity contribution in [3.05, 3.63) is 35.5 Å². The van der Waals surface area contributed by atoms with Crippen LogP contribution in [0.15, 0.2) is 29.4 Å². The summed E-state index contributed by atoms with van der Waals surface area (Å²) in [4.78, 5) is 7.51. The number of halogens is 4. The summed E-state index contributed by atoms with van der Waals surface area (Å²) in [6.07, 6.45) is -4.86. The Kier molecular flexibility index (Phi) is 5.70. The van der Waals surface area contributed by atoms with Gasteiger partial charge in [-0.3, -0.25) is 4.72 Å². The summed E-state index contributed by atoms with van der Waals surface area (Å²) in [5.74, 6) is -0.688. The highest BCUT2D eigenvalue weighted by molar-refractivity contribution is 7.92. The van der Waals surface area contributed by atoms with Crippen molar-refractivity contribution in [3.63, 3.8) is 0 Å². The van der Waals surface area contributed by atoms with Crippen LogP contribution < -0.4 is 14.2 Å². The summed E-state index contributed by atoms with van der Waals surface area (Å²) >= 11 is 0. The van der Waals surface area contributed by atoms with Crippen molar-refractivity contribution >= 4 is 21.5 Å². The molecule has 0 saturated heterocycles. The van der Waals surface area contributed by atoms with Crippen molar-refractivity contribution in [2.45, 2.75) is 24.9 Å². The smallest absolute Gasteiger partial charge is 0.418 e. The van der Waals surface area contributed by atoms with E-state index in [4.69, 9.17) is 9.47 Å². The number of sulfonamides is 1. The first-order valence-corrected chi connectivity index (χ1v) is 9.81. The SMILES string of the molecule is CCOc1cc(CF)nc2nc(S(=O)(=O)Nc3c(OC)cccc3C(F)(F)F)nn12. The van der Waals surface area contributed by atoms with Crippen LogP contribution in [-0.4, -0.2) is 41.7 Å². The molecule has 30 heavy (non-hydrogen) atoms. The Morgan fingerprint density at radius 2 is 1.97 bits per heavy atom. The van der Waals surface area contributed by atoms with Crippen LogP contribution in [0.2, 0.25) is 0 Å². The van der Waals surface area contributed by atoms with E-state index in [1.807, 2.05) is 4.72 Å². The minimum Gasteiger partial charge on any atom is -0.495 e. The van der Waals surface area contributed by atoms with Gasteiger partial charge in [0.25, 0.3) is 21.0 Å². The highest BCUT2D eigenvalue weighted by atomic mass is 32.2. The third kappa shape index (κ3) is 4.08. The van der Waals surface area contributed by atoms with Crippen molar-refractivity contribution < 1.29 is 35.5 Å². The topological polar surface area (TPSA) is 108 Å². The van der Waals surface area contributed by atoms with Crippen LogP contribution >= 0.6 is 0 Å². The lowest BCUT2D eigenvalue weighted by Gasteiger charge is -2.16. The van der Waals surface area contributed by atoms with Gasteiger partial charge in [0.1, 0.15) is 18.1 Å². The van der Waals surface area contributed by atoms with Crippen LogP contribution in [0.3, 0.4) is 0 Å². The van der Waals surface area contributed by atoms with Crippen molar-refractivity contribution in [2.24, 2.45) is 0 Å². The lowest BCUT2D eigenvalue weighted by molar-refractivity contribution is -0.137. The molecule has 14 heteroatoms. The predicted molar refractivity (Wildman–Crippen MR) is 95.6 cm³/mol. The molecule has 0 radical (unpaired) electrons. The molecule has 0 aliphatic carbocycles. The second-order valence-corrected chi connectivity index (χ2v) is 7.32. The lowest BCUT2D eigenvalue weighted by Crippen LogP contribution is -2.19. The number of rotatable bonds is 7. The van der Waals surface area contributed by atoms with Gasteiger partial charge in [-0.05, 0) is 19.1 Å². The zero-order valence-corrected chi connectivity index (χ0v) is 16.4. The van der Waals surface area contributed by atoms with E-state index in [1.54, 1.807) is 6.92 Å². The van der Waals surface area contributed by atoms with E-state index in [9.17, 15) is 26.0 Å². The predicted octanol–water partition coefficient (Wildman–Crippen LogP) is 2.82. The Bertz CT molecular complexity index is 1180. The summed E-state index contributed by atoms with van der Waals surface area (Å²) in [5, 5.41) is 2.86. The largest absolute Gasteiger partial charge is 0.495 e. The summed E-state index contributed by atoms with van der Waals surface area (Å²) in [6.45, 7) is 0.818. The van der Waals surface area contributed by atoms with Gasteiger partial charge >= 0.3 is 6.18 Å². The maximum atomic E-state index is 13.3. The quantitative estimate of drug-likeness (QED) is 0.553. The molecule has 0 unspecified atom stereocenters. The van der Waals surface area contributed by atoms with Gasteiger partial charge in [-0.2, -0.15) is 31.1 Å². The van der Waals surface area contributed by atoms with E-state index >= 15 is 0 Å². The molecule has 2 heterocycles. The number of nitrogens with zero attached hydrogens (tertiary/aromatic N) is 4. The van der Waals surface area contributed by atoms with Gasteiger partial charge in [0.2, 0.25) is 5.88 Å². The number of methoxy groups -OCH3 is 1. The maximum Gasteiger partial charge on any atom is 0.418 e. The van der Waals surface area contributed by atoms with E-state index in [0.717, 1.165) is 23.8 Å². The van der Waals surface area contributed by atoms with Crippen LogP contribution in [0, 0.1) is 0 Å². The molecule has 0 saturated carbocycles. The van der Waals surface area contributed by atoms with Crippen LogP contribution in [0.25, 0.3) is 5.78 Å². The number of hydrogen-bond acceptors (Lipinski definition) is 7. The monoisotopic (exact) mass is 449 g/mol. The number of fused-ring (bicyclic) bond motifs is 1. The molecule has 3 aromatic rings. The summed E-state index contributed by atoms with van der Waals surface area (Å²) in [7, 11) is -3.61. The minimum atomic E-state index is -4.86. The zero-order chi connectivity index (χ0) is 22.1. The van der Waals surface area contributed by atoms with Gasteiger partial charge in [0, 0.05) is 6.07 Å². The number of hydrogen-bond donors (Lipinski definition) is 1. The number of para-hydroxylation sites is 1. The molecule has 0 spiro atoms. The minimum absolute atomic E-state index is 0.0302. The third-order valence-electron chi connectivity index (χ3n) is 3.77. The summed E-state index contributed by atoms with van der Waals surface area (Å²) in [5.41, 5.74) is -2.17. The van der Waals surface area contributed by atoms with Crippen LogP contribution in [0.1, 0.15) is 18.2 Å². The van der Waals surface area contributed by atoms with Crippen LogP contribution in [0.4, 0.5) is 23.2 Å². The summed E-state index contributed by atoms with van der Waals surface area (Å²) < 4.78 is 91.4. The molecule has 162 valence electrons. The van der Waals surface area contributed by atoms with E-state index in [0.29, 0.717) is 6.07 Å². The van der Waals surface area contributed by atoms with E-state index in [-0.39, 0.29) is 29.7 Å². The average molecular weight is 449 g/mol. The molecule has 0 aliphatic heterocycles. The first-order valence-electron chi connectivity index (χ1n) is 8.33. The fourth-order valence-electron chi connectivity index (χ4n) is 2.53. The highest BCUT2D eigenvalue weighted by Crippen LogP contribution is 2.40. The molecule has 1 N–H and O–H groups in total. The molecule has 0 bridgehead atoms. The molecule has 9 nitrogen and oxygen atoms in total. The molecular weight excluding hydrogens is 434 g/mol. The Morgan fingerprint density at radius 3 is 2.57 bits per heavy atom. The van der Waals surface area contributed by atoms with E-state index < -0.39 is 39.3 Å². The molecule has 0 atom stereocenters. The van der Waals surface area contributed by atoms with Gasteiger partial charge in [-0.15, -0.1) is 5.10 Å². The first kappa shape index (κ1) is 21.5. The molecule has 3 rings (SSSR count). The number of nitrogens with one attached hydrogen (secondary N) is 1. The average Bonchev–Trinajstić information content (AvgIpc) is 3.12. The Morgan fingerprint density at radius 1 is 1.23 bits per heavy atom. The molecule has 0 amide bonds. The third-order valence-corrected chi connectivity index (χ3v) is 4.90. The Hall–Kier alpha value is -3.16. The van der Waals surface area contributed by atoms with E-state index in [2.05, 4.69) is 15.1 Å². The van der Waals surface area contributed by atoms with Crippen molar-refractivity contribution in [2.75, 3.05) is 18.4 Å². The maximum absolute atomic E-state index is 13.3. The molecular formula is C16H15F4N5O4S. The van der Waals surface area contributed by atoms with Crippen molar-refractivity contribution in [1.29, 1.82) is 0 Å². The van der Waals surface area contributed by atoms with Crippen molar-refractivity contribution in [3.8, 4) is 11.6 Å². The van der Waals surface area contributed by atoms with Crippen molar-refractivity contribution in [1.82, 2.24) is 19.6 Å². The van der Waals surface area contributed by atoms with E-state index in [1.165, 1.54) is 6.07 Å². The number of anilines is 1. The van der Waals surface area contributed by atoms with Crippen LogP contribution in [-0.2, 0) is 22.9 Å². The number of aromatic nitrogens is 4. The fourth-order valence-corrected chi connectivity index (χ4v) is 3.49. The number of benzene rings is 1. The second kappa shape index (κ2) is 7.93. The second-order valence-electron chi connectivity index (χ2n) is 5.74. The molecule has 1 aromatic carbocycles. The van der Waals surface area contributed by atoms with Gasteiger partial charge < -0.3 is 9.47 Å². The van der Waals surface area contributed by atoms with Gasteiger partial charge in [0.05, 0.1) is 25.0 Å². The Balaban J connectivity index is 2.11. The zero-order valence-electron chi connectivity index (χ0n) is 15.6. The standard InChI is InChI=1S/C16H15F4N5O4S/c1-3-29-12-7-9(8-17)21-14-22-15(23-25(12)14)30(26,27)24-13-10(16(18,19)20)5-4-6-11(13)28-2/h4-7,24H,3,8H2,1-2H3. The number of ether oxygens (including phenoxy) is 2. The van der Waals surface area contributed by atoms with Gasteiger partial charge in [0.15, 0.2) is 0 Å². The highest BCUT2D eigenvalue weighted by Gasteiger charge is 2.37. The molecule has 2 aromatic heterocycles. The number of alkyl halides is 4. The first-order chi connectivity index (χ1) is 14.1. The molecule has 0 aliphatic rings.